The molecule has 0 radical (unpaired) electrons. The molecule has 1 aromatic heterocycles. The van der Waals surface area contributed by atoms with Crippen LogP contribution in [0.5, 0.6) is 0 Å². The number of para-hydroxylation sites is 1. The van der Waals surface area contributed by atoms with Crippen LogP contribution in [0.1, 0.15) is 22.1 Å². The molecule has 1 amide bonds. The van der Waals surface area contributed by atoms with Crippen molar-refractivity contribution in [2.24, 2.45) is 0 Å². The van der Waals surface area contributed by atoms with Gasteiger partial charge in [-0.1, -0.05) is 30.3 Å². The molecule has 2 aromatic carbocycles. The molecule has 2 heterocycles. The van der Waals surface area contributed by atoms with Crippen LogP contribution in [0.4, 0.5) is 5.69 Å². The van der Waals surface area contributed by atoms with Gasteiger partial charge >= 0.3 is 0 Å². The van der Waals surface area contributed by atoms with Crippen LogP contribution in [-0.2, 0) is 10.0 Å². The zero-order valence-corrected chi connectivity index (χ0v) is 14.3. The van der Waals surface area contributed by atoms with E-state index in [1.54, 1.807) is 48.5 Å². The van der Waals surface area contributed by atoms with Crippen molar-refractivity contribution in [1.29, 1.82) is 0 Å². The molecule has 4 rings (SSSR count). The highest BCUT2D eigenvalue weighted by Gasteiger charge is 2.36. The Labute approximate surface area is 150 Å². The third kappa shape index (κ3) is 2.85. The lowest BCUT2D eigenvalue weighted by Gasteiger charge is -2.36. The first-order valence-corrected chi connectivity index (χ1v) is 9.33. The lowest BCUT2D eigenvalue weighted by atomic mass is 10.1. The van der Waals surface area contributed by atoms with Gasteiger partial charge in [0.05, 0.1) is 23.0 Å². The zero-order chi connectivity index (χ0) is 18.1. The number of nitrogens with zero attached hydrogens (tertiary/aromatic N) is 1. The maximum Gasteiger partial charge on any atom is 0.273 e. The van der Waals surface area contributed by atoms with Crippen molar-refractivity contribution in [3.05, 3.63) is 84.3 Å². The van der Waals surface area contributed by atoms with Crippen molar-refractivity contribution in [2.45, 2.75) is 11.1 Å². The SMILES string of the molecule is O=C1c2ccccc2NC(c2ccoc2)N1NS(=O)(=O)c1ccccc1. The lowest BCUT2D eigenvalue weighted by molar-refractivity contribution is 0.0632. The highest BCUT2D eigenvalue weighted by Crippen LogP contribution is 2.32. The molecule has 132 valence electrons. The minimum absolute atomic E-state index is 0.0672. The smallest absolute Gasteiger partial charge is 0.273 e. The molecule has 2 N–H and O–H groups in total. The normalized spacial score (nSPS) is 16.8. The van der Waals surface area contributed by atoms with Crippen molar-refractivity contribution in [3.63, 3.8) is 0 Å². The van der Waals surface area contributed by atoms with Gasteiger partial charge in [0.15, 0.2) is 0 Å². The Bertz CT molecular complexity index is 1030. The van der Waals surface area contributed by atoms with E-state index in [2.05, 4.69) is 10.1 Å². The Morgan fingerprint density at radius 2 is 1.73 bits per heavy atom. The number of hydrogen-bond donors (Lipinski definition) is 2. The maximum atomic E-state index is 13.0. The van der Waals surface area contributed by atoms with Gasteiger partial charge in [-0.2, -0.15) is 0 Å². The molecule has 3 aromatic rings. The van der Waals surface area contributed by atoms with Crippen molar-refractivity contribution in [3.8, 4) is 0 Å². The van der Waals surface area contributed by atoms with E-state index in [0.29, 0.717) is 16.8 Å². The third-order valence-electron chi connectivity index (χ3n) is 4.06. The van der Waals surface area contributed by atoms with E-state index in [9.17, 15) is 13.2 Å². The van der Waals surface area contributed by atoms with E-state index in [1.165, 1.54) is 24.7 Å². The van der Waals surface area contributed by atoms with Gasteiger partial charge in [0.1, 0.15) is 6.17 Å². The average Bonchev–Trinajstić information content (AvgIpc) is 3.19. The first-order valence-electron chi connectivity index (χ1n) is 7.85. The van der Waals surface area contributed by atoms with Gasteiger partial charge in [-0.15, -0.1) is 4.83 Å². The fraction of sp³-hybridized carbons (Fsp3) is 0.0556. The number of nitrogens with one attached hydrogen (secondary N) is 2. The summed E-state index contributed by atoms with van der Waals surface area (Å²) in [6, 6.07) is 16.5. The monoisotopic (exact) mass is 369 g/mol. The molecule has 7 nitrogen and oxygen atoms in total. The van der Waals surface area contributed by atoms with Crippen LogP contribution in [0, 0.1) is 0 Å². The van der Waals surface area contributed by atoms with E-state index in [-0.39, 0.29) is 4.90 Å². The van der Waals surface area contributed by atoms with Crippen LogP contribution < -0.4 is 10.1 Å². The predicted octanol–water partition coefficient (Wildman–Crippen LogP) is 2.74. The second-order valence-corrected chi connectivity index (χ2v) is 7.39. The van der Waals surface area contributed by atoms with Crippen LogP contribution in [0.25, 0.3) is 0 Å². The van der Waals surface area contributed by atoms with E-state index < -0.39 is 22.1 Å². The molecule has 1 aliphatic heterocycles. The standard InChI is InChI=1S/C18H15N3O4S/c22-18-15-8-4-5-9-16(15)19-17(13-10-11-25-12-13)21(18)20-26(23,24)14-6-2-1-3-7-14/h1-12,17,19-20H. The summed E-state index contributed by atoms with van der Waals surface area (Å²) in [6.45, 7) is 0. The topological polar surface area (TPSA) is 91.7 Å². The molecule has 0 aliphatic carbocycles. The van der Waals surface area contributed by atoms with Crippen molar-refractivity contribution < 1.29 is 17.6 Å². The average molecular weight is 369 g/mol. The molecule has 0 bridgehead atoms. The number of amides is 1. The minimum atomic E-state index is -3.93. The number of hydrogen-bond acceptors (Lipinski definition) is 5. The first-order chi connectivity index (χ1) is 12.6. The fourth-order valence-electron chi connectivity index (χ4n) is 2.79. The number of anilines is 1. The molecule has 0 saturated heterocycles. The Morgan fingerprint density at radius 1 is 1.00 bits per heavy atom. The second-order valence-electron chi connectivity index (χ2n) is 5.73. The molecule has 8 heteroatoms. The number of rotatable bonds is 4. The molecule has 0 fully saturated rings. The van der Waals surface area contributed by atoms with E-state index in [0.717, 1.165) is 5.01 Å². The molecular weight excluding hydrogens is 354 g/mol. The quantitative estimate of drug-likeness (QED) is 0.738. The van der Waals surface area contributed by atoms with E-state index >= 15 is 0 Å². The Morgan fingerprint density at radius 3 is 2.46 bits per heavy atom. The Hall–Kier alpha value is -3.10. The minimum Gasteiger partial charge on any atom is -0.472 e. The summed E-state index contributed by atoms with van der Waals surface area (Å²) in [5, 5.41) is 4.24. The summed E-state index contributed by atoms with van der Waals surface area (Å²) >= 11 is 0. The highest BCUT2D eigenvalue weighted by molar-refractivity contribution is 7.89. The number of fused-ring (bicyclic) bond motifs is 1. The van der Waals surface area contributed by atoms with Crippen molar-refractivity contribution >= 4 is 21.6 Å². The Balaban J connectivity index is 1.75. The summed E-state index contributed by atoms with van der Waals surface area (Å²) < 4.78 is 30.5. The number of benzene rings is 2. The van der Waals surface area contributed by atoms with Crippen LogP contribution in [-0.4, -0.2) is 19.3 Å². The molecular formula is C18H15N3O4S. The number of sulfonamides is 1. The number of carbonyl (C=O) groups is 1. The molecule has 0 saturated carbocycles. The summed E-state index contributed by atoms with van der Waals surface area (Å²) in [4.78, 5) is 15.4. The number of carbonyl (C=O) groups excluding carboxylic acids is 1. The molecule has 1 aliphatic rings. The summed E-state index contributed by atoms with van der Waals surface area (Å²) in [7, 11) is -3.93. The zero-order valence-electron chi connectivity index (χ0n) is 13.5. The highest BCUT2D eigenvalue weighted by atomic mass is 32.2. The summed E-state index contributed by atoms with van der Waals surface area (Å²) in [6.07, 6.45) is 2.18. The lowest BCUT2D eigenvalue weighted by Crippen LogP contribution is -2.52. The predicted molar refractivity (Wildman–Crippen MR) is 94.4 cm³/mol. The molecule has 26 heavy (non-hydrogen) atoms. The summed E-state index contributed by atoms with van der Waals surface area (Å²) in [5.41, 5.74) is 1.62. The maximum absolute atomic E-state index is 13.0. The third-order valence-corrected chi connectivity index (χ3v) is 5.39. The van der Waals surface area contributed by atoms with Gasteiger partial charge in [-0.05, 0) is 30.3 Å². The number of furan rings is 1. The van der Waals surface area contributed by atoms with Crippen LogP contribution in [0.3, 0.4) is 0 Å². The molecule has 0 spiro atoms. The van der Waals surface area contributed by atoms with Gasteiger partial charge in [0.25, 0.3) is 15.9 Å². The second kappa shape index (κ2) is 6.32. The number of hydrazine groups is 1. The van der Waals surface area contributed by atoms with Gasteiger partial charge in [0.2, 0.25) is 0 Å². The summed E-state index contributed by atoms with van der Waals surface area (Å²) in [5.74, 6) is -0.454. The van der Waals surface area contributed by atoms with Crippen LogP contribution in [0.15, 0.2) is 82.5 Å². The fourth-order valence-corrected chi connectivity index (χ4v) is 3.86. The van der Waals surface area contributed by atoms with Gasteiger partial charge in [0, 0.05) is 11.3 Å². The molecule has 1 atom stereocenters. The molecule has 1 unspecified atom stereocenters. The van der Waals surface area contributed by atoms with E-state index in [4.69, 9.17) is 4.42 Å². The Kier molecular flexibility index (Phi) is 3.98. The van der Waals surface area contributed by atoms with E-state index in [1.807, 2.05) is 0 Å². The van der Waals surface area contributed by atoms with Crippen LogP contribution in [0.2, 0.25) is 0 Å². The van der Waals surface area contributed by atoms with Crippen LogP contribution >= 0.6 is 0 Å². The largest absolute Gasteiger partial charge is 0.472 e. The van der Waals surface area contributed by atoms with Gasteiger partial charge in [-0.3, -0.25) is 4.79 Å². The van der Waals surface area contributed by atoms with Gasteiger partial charge < -0.3 is 9.73 Å². The van der Waals surface area contributed by atoms with Crippen molar-refractivity contribution in [2.75, 3.05) is 5.32 Å². The van der Waals surface area contributed by atoms with Crippen molar-refractivity contribution in [1.82, 2.24) is 9.84 Å². The van der Waals surface area contributed by atoms with Gasteiger partial charge in [-0.25, -0.2) is 13.4 Å². The first kappa shape index (κ1) is 16.4.